The van der Waals surface area contributed by atoms with Gasteiger partial charge in [-0.1, -0.05) is 84.9 Å². The molecule has 0 fully saturated rings. The Kier molecular flexibility index (Phi) is 5.36. The van der Waals surface area contributed by atoms with Gasteiger partial charge >= 0.3 is 0 Å². The van der Waals surface area contributed by atoms with Crippen LogP contribution in [0.2, 0.25) is 0 Å². The Morgan fingerprint density at radius 3 is 1.81 bits per heavy atom. The van der Waals surface area contributed by atoms with Crippen molar-refractivity contribution in [3.05, 3.63) is 84.9 Å². The fourth-order valence-corrected chi connectivity index (χ4v) is 4.19. The molecule has 2 heteroatoms. The Balaban J connectivity index is 0.00000161. The van der Waals surface area contributed by atoms with Crippen LogP contribution >= 0.6 is 7.92 Å². The molecule has 3 aromatic carbocycles. The third-order valence-corrected chi connectivity index (χ3v) is 5.68. The zero-order valence-electron chi connectivity index (χ0n) is 11.5. The fraction of sp³-hybridized carbons (Fsp3) is 0.0526. The van der Waals surface area contributed by atoms with Crippen LogP contribution in [0.4, 0.5) is 0 Å². The van der Waals surface area contributed by atoms with Gasteiger partial charge in [-0.2, -0.15) is 0 Å². The smallest absolute Gasteiger partial charge is 0.0622 e. The summed E-state index contributed by atoms with van der Waals surface area (Å²) in [4.78, 5) is 0. The minimum Gasteiger partial charge on any atom is -0.0622 e. The minimum absolute atomic E-state index is 0. The molecule has 0 amide bonds. The van der Waals surface area contributed by atoms with Crippen LogP contribution in [0.3, 0.4) is 0 Å². The normalized spacial score (nSPS) is 11.5. The standard InChI is InChI=1S/C19H17P.BH3/c1-20(17-12-6-3-7-13-17)19-15-9-8-14-18(19)16-10-4-2-5-11-16;/h2-15H,1H3;1H3. The third kappa shape index (κ3) is 3.43. The summed E-state index contributed by atoms with van der Waals surface area (Å²) in [5.74, 6) is 0. The van der Waals surface area contributed by atoms with Gasteiger partial charge in [0, 0.05) is 0 Å². The van der Waals surface area contributed by atoms with Crippen molar-refractivity contribution in [1.82, 2.24) is 0 Å². The van der Waals surface area contributed by atoms with Crippen molar-refractivity contribution in [2.24, 2.45) is 0 Å². The van der Waals surface area contributed by atoms with Gasteiger partial charge in [-0.3, -0.25) is 0 Å². The van der Waals surface area contributed by atoms with Crippen molar-refractivity contribution in [3.63, 3.8) is 0 Å². The Bertz CT molecular complexity index is 680. The molecule has 3 rings (SSSR count). The van der Waals surface area contributed by atoms with Gasteiger partial charge in [-0.15, -0.1) is 0 Å². The summed E-state index contributed by atoms with van der Waals surface area (Å²) in [5.41, 5.74) is 2.65. The lowest BCUT2D eigenvalue weighted by molar-refractivity contribution is 1.65. The molecule has 1 atom stereocenters. The molecule has 0 N–H and O–H groups in total. The van der Waals surface area contributed by atoms with Crippen molar-refractivity contribution < 1.29 is 0 Å². The molecular formula is C19H20BP. The molecule has 3 aromatic rings. The molecule has 0 aromatic heterocycles. The van der Waals surface area contributed by atoms with Gasteiger partial charge in [-0.05, 0) is 36.3 Å². The molecule has 0 saturated carbocycles. The zero-order chi connectivity index (χ0) is 13.8. The summed E-state index contributed by atoms with van der Waals surface area (Å²) in [6.45, 7) is 2.34. The monoisotopic (exact) mass is 290 g/mol. The van der Waals surface area contributed by atoms with E-state index in [0.717, 1.165) is 0 Å². The summed E-state index contributed by atoms with van der Waals surface area (Å²) in [5, 5.41) is 2.87. The highest BCUT2D eigenvalue weighted by atomic mass is 31.1. The number of rotatable bonds is 3. The van der Waals surface area contributed by atoms with Crippen LogP contribution in [0, 0.1) is 0 Å². The highest BCUT2D eigenvalue weighted by molar-refractivity contribution is 7.72. The van der Waals surface area contributed by atoms with Crippen molar-refractivity contribution in [2.75, 3.05) is 6.66 Å². The molecule has 0 radical (unpaired) electrons. The highest BCUT2D eigenvalue weighted by Crippen LogP contribution is 2.33. The molecule has 0 bridgehead atoms. The molecule has 0 spiro atoms. The summed E-state index contributed by atoms with van der Waals surface area (Å²) in [6.07, 6.45) is 0. The average molecular weight is 290 g/mol. The Morgan fingerprint density at radius 2 is 1.14 bits per heavy atom. The van der Waals surface area contributed by atoms with Crippen molar-refractivity contribution in [1.29, 1.82) is 0 Å². The van der Waals surface area contributed by atoms with Crippen LogP contribution in [0.25, 0.3) is 11.1 Å². The van der Waals surface area contributed by atoms with Gasteiger partial charge in [0.1, 0.15) is 0 Å². The maximum Gasteiger partial charge on any atom is 0.0814 e. The first-order valence-electron chi connectivity index (χ1n) is 6.79. The van der Waals surface area contributed by atoms with Crippen molar-refractivity contribution >= 4 is 26.9 Å². The third-order valence-electron chi connectivity index (χ3n) is 3.49. The summed E-state index contributed by atoms with van der Waals surface area (Å²) in [6, 6.07) is 30.2. The summed E-state index contributed by atoms with van der Waals surface area (Å²) < 4.78 is 0. The molecule has 0 aliphatic heterocycles. The van der Waals surface area contributed by atoms with Gasteiger partial charge < -0.3 is 0 Å². The quantitative estimate of drug-likeness (QED) is 0.513. The van der Waals surface area contributed by atoms with Crippen molar-refractivity contribution in [2.45, 2.75) is 0 Å². The van der Waals surface area contributed by atoms with Crippen LogP contribution in [0.1, 0.15) is 0 Å². The lowest BCUT2D eigenvalue weighted by Crippen LogP contribution is -2.12. The number of hydrogen-bond donors (Lipinski definition) is 0. The first-order chi connectivity index (χ1) is 9.86. The van der Waals surface area contributed by atoms with E-state index in [2.05, 4.69) is 91.6 Å². The molecule has 1 unspecified atom stereocenters. The van der Waals surface area contributed by atoms with E-state index in [4.69, 9.17) is 0 Å². The molecule has 0 saturated heterocycles. The molecule has 0 nitrogen and oxygen atoms in total. The molecular weight excluding hydrogens is 270 g/mol. The highest BCUT2D eigenvalue weighted by Gasteiger charge is 2.12. The average Bonchev–Trinajstić information content (AvgIpc) is 2.56. The van der Waals surface area contributed by atoms with E-state index >= 15 is 0 Å². The molecule has 104 valence electrons. The van der Waals surface area contributed by atoms with E-state index in [1.54, 1.807) is 0 Å². The molecule has 0 aliphatic rings. The van der Waals surface area contributed by atoms with E-state index in [-0.39, 0.29) is 16.3 Å². The van der Waals surface area contributed by atoms with E-state index < -0.39 is 0 Å². The van der Waals surface area contributed by atoms with E-state index in [1.165, 1.54) is 21.7 Å². The SMILES string of the molecule is B.CP(c1ccccc1)c1ccccc1-c1ccccc1. The van der Waals surface area contributed by atoms with Gasteiger partial charge in [0.05, 0.1) is 8.41 Å². The Hall–Kier alpha value is -1.85. The van der Waals surface area contributed by atoms with E-state index in [1.807, 2.05) is 0 Å². The second kappa shape index (κ2) is 7.25. The maximum atomic E-state index is 2.34. The van der Waals surface area contributed by atoms with E-state index in [9.17, 15) is 0 Å². The summed E-state index contributed by atoms with van der Waals surface area (Å²) >= 11 is 0. The van der Waals surface area contributed by atoms with Crippen LogP contribution in [0.15, 0.2) is 84.9 Å². The van der Waals surface area contributed by atoms with Crippen LogP contribution in [0.5, 0.6) is 0 Å². The first kappa shape index (κ1) is 15.5. The van der Waals surface area contributed by atoms with Crippen LogP contribution in [-0.2, 0) is 0 Å². The van der Waals surface area contributed by atoms with Crippen LogP contribution in [-0.4, -0.2) is 15.1 Å². The van der Waals surface area contributed by atoms with Crippen LogP contribution < -0.4 is 10.6 Å². The molecule has 0 aliphatic carbocycles. The first-order valence-corrected chi connectivity index (χ1v) is 8.58. The predicted octanol–water partition coefficient (Wildman–Crippen LogP) is 3.23. The van der Waals surface area contributed by atoms with E-state index in [0.29, 0.717) is 0 Å². The number of hydrogen-bond acceptors (Lipinski definition) is 0. The second-order valence-electron chi connectivity index (χ2n) is 4.78. The van der Waals surface area contributed by atoms with Gasteiger partial charge in [0.15, 0.2) is 0 Å². The van der Waals surface area contributed by atoms with Gasteiger partial charge in [-0.25, -0.2) is 0 Å². The number of benzene rings is 3. The second-order valence-corrected chi connectivity index (χ2v) is 6.89. The molecule has 0 heterocycles. The fourth-order valence-electron chi connectivity index (χ4n) is 2.42. The van der Waals surface area contributed by atoms with Gasteiger partial charge in [0.25, 0.3) is 0 Å². The van der Waals surface area contributed by atoms with Crippen molar-refractivity contribution in [3.8, 4) is 11.1 Å². The minimum atomic E-state index is -0.315. The predicted molar refractivity (Wildman–Crippen MR) is 100 cm³/mol. The maximum absolute atomic E-state index is 2.34. The largest absolute Gasteiger partial charge is 0.0814 e. The lowest BCUT2D eigenvalue weighted by atomic mass is 10.1. The topological polar surface area (TPSA) is 0 Å². The van der Waals surface area contributed by atoms with Gasteiger partial charge in [0.2, 0.25) is 0 Å². The molecule has 21 heavy (non-hydrogen) atoms. The Labute approximate surface area is 130 Å². The Morgan fingerprint density at radius 1 is 0.619 bits per heavy atom. The zero-order valence-corrected chi connectivity index (χ0v) is 12.4. The summed E-state index contributed by atoms with van der Waals surface area (Å²) in [7, 11) is -0.315. The lowest BCUT2D eigenvalue weighted by Gasteiger charge is -2.17.